The minimum Gasteiger partial charge on any atom is -0.349 e. The van der Waals surface area contributed by atoms with Crippen LogP contribution in [-0.2, 0) is 0 Å². The van der Waals surface area contributed by atoms with Crippen LogP contribution in [0.5, 0.6) is 0 Å². The predicted molar refractivity (Wildman–Crippen MR) is 117 cm³/mol. The average molecular weight is 440 g/mol. The summed E-state index contributed by atoms with van der Waals surface area (Å²) in [5.74, 6) is -0.711. The van der Waals surface area contributed by atoms with Gasteiger partial charge in [-0.05, 0) is 51.7 Å². The highest BCUT2D eigenvalue weighted by molar-refractivity contribution is 5.97. The lowest BCUT2D eigenvalue weighted by atomic mass is 9.90. The Morgan fingerprint density at radius 3 is 1.41 bits per heavy atom. The zero-order valence-electron chi connectivity index (χ0n) is 17.8. The van der Waals surface area contributed by atoms with Crippen molar-refractivity contribution in [1.82, 2.24) is 10.6 Å². The van der Waals surface area contributed by atoms with Crippen molar-refractivity contribution in [2.45, 2.75) is 51.6 Å². The lowest BCUT2D eigenvalue weighted by Crippen LogP contribution is -2.44. The van der Waals surface area contributed by atoms with E-state index in [-0.39, 0.29) is 46.4 Å². The molecule has 0 bridgehead atoms. The molecule has 2 aromatic rings. The van der Waals surface area contributed by atoms with Crippen molar-refractivity contribution in [3.63, 3.8) is 0 Å². The molecule has 2 aromatic carbocycles. The van der Waals surface area contributed by atoms with Gasteiger partial charge in [0.1, 0.15) is 0 Å². The normalized spacial score (nSPS) is 17.9. The number of benzene rings is 2. The van der Waals surface area contributed by atoms with Gasteiger partial charge in [0, 0.05) is 46.5 Å². The highest BCUT2D eigenvalue weighted by Crippen LogP contribution is 2.24. The lowest BCUT2D eigenvalue weighted by molar-refractivity contribution is -0.385. The highest BCUT2D eigenvalue weighted by Gasteiger charge is 2.27. The first-order chi connectivity index (χ1) is 15.2. The van der Waals surface area contributed by atoms with Crippen LogP contribution in [0.2, 0.25) is 0 Å². The van der Waals surface area contributed by atoms with E-state index < -0.39 is 9.85 Å². The Labute approximate surface area is 184 Å². The fraction of sp³-hybridized carbons (Fsp3) is 0.364. The van der Waals surface area contributed by atoms with Crippen molar-refractivity contribution < 1.29 is 19.4 Å². The molecule has 0 aromatic heterocycles. The Morgan fingerprint density at radius 2 is 1.09 bits per heavy atom. The van der Waals surface area contributed by atoms with Gasteiger partial charge in [-0.1, -0.05) is 12.1 Å². The number of carbonyl (C=O) groups is 2. The van der Waals surface area contributed by atoms with Gasteiger partial charge < -0.3 is 10.6 Å². The second kappa shape index (κ2) is 9.54. The molecule has 32 heavy (non-hydrogen) atoms. The van der Waals surface area contributed by atoms with Crippen molar-refractivity contribution in [1.29, 1.82) is 0 Å². The van der Waals surface area contributed by atoms with Crippen molar-refractivity contribution in [3.8, 4) is 0 Å². The summed E-state index contributed by atoms with van der Waals surface area (Å²) in [6.07, 6.45) is 2.55. The van der Waals surface area contributed by atoms with Gasteiger partial charge in [-0.3, -0.25) is 29.8 Å². The van der Waals surface area contributed by atoms with Crippen molar-refractivity contribution in [3.05, 3.63) is 78.9 Å². The summed E-state index contributed by atoms with van der Waals surface area (Å²) in [6.45, 7) is 3.10. The summed E-state index contributed by atoms with van der Waals surface area (Å²) in [5.41, 5.74) is 0.999. The number of hydrogen-bond acceptors (Lipinski definition) is 6. The van der Waals surface area contributed by atoms with Crippen LogP contribution in [-0.4, -0.2) is 33.7 Å². The van der Waals surface area contributed by atoms with E-state index in [1.807, 2.05) is 0 Å². The van der Waals surface area contributed by atoms with Crippen LogP contribution in [0.1, 0.15) is 57.5 Å². The van der Waals surface area contributed by atoms with Crippen molar-refractivity contribution in [2.75, 3.05) is 0 Å². The van der Waals surface area contributed by atoms with Crippen LogP contribution in [0.15, 0.2) is 36.4 Å². The molecular weight excluding hydrogens is 416 g/mol. The standard InChI is InChI=1S/C22H24N4O6/c1-13-17(5-3-7-19(13)25(29)30)21(27)23-15-9-11-16(12-10-15)24-22(28)18-6-4-8-20(14(18)2)26(31)32/h3-8,15-16H,9-12H2,1-2H3,(H,23,27)(H,24,28). The van der Waals surface area contributed by atoms with E-state index in [1.165, 1.54) is 24.3 Å². The molecule has 2 N–H and O–H groups in total. The Balaban J connectivity index is 1.57. The van der Waals surface area contributed by atoms with Crippen LogP contribution < -0.4 is 10.6 Å². The van der Waals surface area contributed by atoms with E-state index in [2.05, 4.69) is 10.6 Å². The third-order valence-electron chi connectivity index (χ3n) is 5.89. The Morgan fingerprint density at radius 1 is 0.750 bits per heavy atom. The summed E-state index contributed by atoms with van der Waals surface area (Å²) in [4.78, 5) is 46.4. The first-order valence-corrected chi connectivity index (χ1v) is 10.3. The van der Waals surface area contributed by atoms with Crippen LogP contribution >= 0.6 is 0 Å². The minimum atomic E-state index is -0.511. The number of nitro groups is 2. The fourth-order valence-electron chi connectivity index (χ4n) is 4.04. The maximum atomic E-state index is 12.6. The highest BCUT2D eigenvalue weighted by atomic mass is 16.6. The maximum Gasteiger partial charge on any atom is 0.273 e. The van der Waals surface area contributed by atoms with Gasteiger partial charge in [0.25, 0.3) is 23.2 Å². The molecule has 0 aliphatic heterocycles. The molecule has 0 unspecified atom stereocenters. The predicted octanol–water partition coefficient (Wildman–Crippen LogP) is 3.59. The molecule has 1 saturated carbocycles. The Kier molecular flexibility index (Phi) is 6.82. The van der Waals surface area contributed by atoms with E-state index in [1.54, 1.807) is 26.0 Å². The summed E-state index contributed by atoms with van der Waals surface area (Å²) in [7, 11) is 0. The van der Waals surface area contributed by atoms with Gasteiger partial charge in [-0.2, -0.15) is 0 Å². The van der Waals surface area contributed by atoms with Gasteiger partial charge in [0.2, 0.25) is 0 Å². The largest absolute Gasteiger partial charge is 0.349 e. The van der Waals surface area contributed by atoms with Crippen LogP contribution in [0, 0.1) is 34.1 Å². The third kappa shape index (κ3) is 4.90. The maximum absolute atomic E-state index is 12.6. The molecule has 0 radical (unpaired) electrons. The van der Waals surface area contributed by atoms with E-state index in [9.17, 15) is 29.8 Å². The van der Waals surface area contributed by atoms with E-state index in [0.717, 1.165) is 0 Å². The van der Waals surface area contributed by atoms with Gasteiger partial charge in [0.05, 0.1) is 9.85 Å². The molecule has 3 rings (SSSR count). The summed E-state index contributed by atoms with van der Waals surface area (Å²) < 4.78 is 0. The minimum absolute atomic E-state index is 0.0967. The van der Waals surface area contributed by atoms with Gasteiger partial charge in [-0.15, -0.1) is 0 Å². The molecule has 1 aliphatic carbocycles. The quantitative estimate of drug-likeness (QED) is 0.519. The summed E-state index contributed by atoms with van der Waals surface area (Å²) in [5, 5.41) is 28.0. The number of hydrogen-bond donors (Lipinski definition) is 2. The van der Waals surface area contributed by atoms with E-state index in [4.69, 9.17) is 0 Å². The summed E-state index contributed by atoms with van der Waals surface area (Å²) in [6, 6.07) is 8.62. The second-order valence-corrected chi connectivity index (χ2v) is 7.91. The monoisotopic (exact) mass is 440 g/mol. The SMILES string of the molecule is Cc1c(C(=O)NC2CCC(NC(=O)c3cccc([N+](=O)[O-])c3C)CC2)cccc1[N+](=O)[O-]. The number of nitrogens with zero attached hydrogens (tertiary/aromatic N) is 2. The molecular formula is C22H24N4O6. The number of rotatable bonds is 6. The number of amides is 2. The molecule has 10 nitrogen and oxygen atoms in total. The fourth-order valence-corrected chi connectivity index (χ4v) is 4.04. The van der Waals surface area contributed by atoms with Gasteiger partial charge in [0.15, 0.2) is 0 Å². The lowest BCUT2D eigenvalue weighted by Gasteiger charge is -2.30. The topological polar surface area (TPSA) is 144 Å². The first kappa shape index (κ1) is 22.9. The average Bonchev–Trinajstić information content (AvgIpc) is 2.74. The zero-order valence-corrected chi connectivity index (χ0v) is 17.8. The molecule has 2 amide bonds. The third-order valence-corrected chi connectivity index (χ3v) is 5.89. The van der Waals surface area contributed by atoms with Crippen molar-refractivity contribution >= 4 is 23.2 Å². The zero-order chi connectivity index (χ0) is 23.4. The number of carbonyl (C=O) groups excluding carboxylic acids is 2. The molecule has 1 aliphatic rings. The second-order valence-electron chi connectivity index (χ2n) is 7.91. The first-order valence-electron chi connectivity index (χ1n) is 10.3. The van der Waals surface area contributed by atoms with Crippen LogP contribution in [0.4, 0.5) is 11.4 Å². The Bertz CT molecular complexity index is 991. The number of nitrogens with one attached hydrogen (secondary N) is 2. The molecule has 168 valence electrons. The smallest absolute Gasteiger partial charge is 0.273 e. The summed E-state index contributed by atoms with van der Waals surface area (Å²) >= 11 is 0. The molecule has 1 fully saturated rings. The van der Waals surface area contributed by atoms with Gasteiger partial charge >= 0.3 is 0 Å². The van der Waals surface area contributed by atoms with E-state index in [0.29, 0.717) is 36.8 Å². The molecule has 0 atom stereocenters. The molecule has 0 heterocycles. The Hall–Kier alpha value is -3.82. The van der Waals surface area contributed by atoms with Gasteiger partial charge in [-0.25, -0.2) is 0 Å². The van der Waals surface area contributed by atoms with Crippen molar-refractivity contribution in [2.24, 2.45) is 0 Å². The van der Waals surface area contributed by atoms with Crippen LogP contribution in [0.25, 0.3) is 0 Å². The van der Waals surface area contributed by atoms with Crippen LogP contribution in [0.3, 0.4) is 0 Å². The number of nitro benzene ring substituents is 2. The molecule has 10 heteroatoms. The van der Waals surface area contributed by atoms with E-state index >= 15 is 0 Å². The molecule has 0 spiro atoms. The molecule has 0 saturated heterocycles.